The van der Waals surface area contributed by atoms with Crippen LogP contribution in [0, 0.1) is 0 Å². The predicted octanol–water partition coefficient (Wildman–Crippen LogP) is 3.46. The average molecular weight is 310 g/mol. The SMILES string of the molecule is CC[C@@H]1CSC2=N[C@H](c3ccccn3)[C@H](c3cccnc3)N21. The van der Waals surface area contributed by atoms with Crippen LogP contribution in [0.15, 0.2) is 53.9 Å². The molecular weight excluding hydrogens is 292 g/mol. The Labute approximate surface area is 134 Å². The summed E-state index contributed by atoms with van der Waals surface area (Å²) in [4.78, 5) is 16.3. The fourth-order valence-corrected chi connectivity index (χ4v) is 4.60. The first-order chi connectivity index (χ1) is 10.9. The van der Waals surface area contributed by atoms with E-state index in [0.29, 0.717) is 6.04 Å². The summed E-state index contributed by atoms with van der Waals surface area (Å²) in [6.45, 7) is 2.25. The zero-order valence-corrected chi connectivity index (χ0v) is 13.3. The van der Waals surface area contributed by atoms with Crippen LogP contribution in [0.5, 0.6) is 0 Å². The number of amidine groups is 1. The first-order valence-corrected chi connectivity index (χ1v) is 8.67. The van der Waals surface area contributed by atoms with Crippen LogP contribution in [-0.4, -0.2) is 31.8 Å². The standard InChI is InChI=1S/C17H18N4S/c1-2-13-11-22-17-20-15(14-7-3-4-9-19-14)16(21(13)17)12-6-5-8-18-10-12/h3-10,13,15-16H,2,11H2,1H3/t13-,15-,16+/m1/s1. The number of fused-ring (bicyclic) bond motifs is 1. The smallest absolute Gasteiger partial charge is 0.160 e. The van der Waals surface area contributed by atoms with Gasteiger partial charge in [0, 0.05) is 30.4 Å². The Kier molecular flexibility index (Phi) is 3.58. The summed E-state index contributed by atoms with van der Waals surface area (Å²) in [7, 11) is 0. The second-order valence-corrected chi connectivity index (χ2v) is 6.61. The zero-order valence-electron chi connectivity index (χ0n) is 12.5. The first-order valence-electron chi connectivity index (χ1n) is 7.68. The molecule has 4 nitrogen and oxygen atoms in total. The van der Waals surface area contributed by atoms with E-state index in [-0.39, 0.29) is 12.1 Å². The van der Waals surface area contributed by atoms with Gasteiger partial charge in [0.05, 0.1) is 11.7 Å². The van der Waals surface area contributed by atoms with E-state index >= 15 is 0 Å². The molecule has 22 heavy (non-hydrogen) atoms. The molecule has 4 heterocycles. The molecule has 1 saturated heterocycles. The van der Waals surface area contributed by atoms with Gasteiger partial charge in [0.15, 0.2) is 5.17 Å². The van der Waals surface area contributed by atoms with Crippen LogP contribution in [0.4, 0.5) is 0 Å². The van der Waals surface area contributed by atoms with E-state index in [9.17, 15) is 0 Å². The van der Waals surface area contributed by atoms with Crippen molar-refractivity contribution in [1.82, 2.24) is 14.9 Å². The Morgan fingerprint density at radius 1 is 1.23 bits per heavy atom. The summed E-state index contributed by atoms with van der Waals surface area (Å²) < 4.78 is 0. The normalized spacial score (nSPS) is 26.9. The molecule has 2 aromatic rings. The van der Waals surface area contributed by atoms with Crippen molar-refractivity contribution in [3.8, 4) is 0 Å². The van der Waals surface area contributed by atoms with Gasteiger partial charge >= 0.3 is 0 Å². The zero-order chi connectivity index (χ0) is 14.9. The summed E-state index contributed by atoms with van der Waals surface area (Å²) in [6.07, 6.45) is 6.78. The molecule has 0 saturated carbocycles. The number of thioether (sulfide) groups is 1. The van der Waals surface area contributed by atoms with E-state index < -0.39 is 0 Å². The summed E-state index contributed by atoms with van der Waals surface area (Å²) in [6, 6.07) is 11.0. The molecule has 0 unspecified atom stereocenters. The molecule has 5 heteroatoms. The van der Waals surface area contributed by atoms with Crippen molar-refractivity contribution >= 4 is 16.9 Å². The van der Waals surface area contributed by atoms with Crippen molar-refractivity contribution in [2.24, 2.45) is 4.99 Å². The molecule has 0 spiro atoms. The highest BCUT2D eigenvalue weighted by atomic mass is 32.2. The molecule has 0 N–H and O–H groups in total. The van der Waals surface area contributed by atoms with Crippen LogP contribution >= 0.6 is 11.8 Å². The van der Waals surface area contributed by atoms with Crippen molar-refractivity contribution in [3.05, 3.63) is 60.2 Å². The molecule has 0 amide bonds. The van der Waals surface area contributed by atoms with Crippen LogP contribution in [0.2, 0.25) is 0 Å². The molecule has 0 aliphatic carbocycles. The fraction of sp³-hybridized carbons (Fsp3) is 0.353. The third kappa shape index (κ3) is 2.20. The van der Waals surface area contributed by atoms with E-state index in [1.165, 1.54) is 5.56 Å². The quantitative estimate of drug-likeness (QED) is 0.870. The highest BCUT2D eigenvalue weighted by Crippen LogP contribution is 2.48. The lowest BCUT2D eigenvalue weighted by Crippen LogP contribution is -2.35. The average Bonchev–Trinajstić information content (AvgIpc) is 3.15. The molecule has 112 valence electrons. The van der Waals surface area contributed by atoms with Crippen LogP contribution in [0.25, 0.3) is 0 Å². The van der Waals surface area contributed by atoms with Crippen molar-refractivity contribution in [2.45, 2.75) is 31.5 Å². The molecule has 0 bridgehead atoms. The van der Waals surface area contributed by atoms with Crippen LogP contribution in [0.3, 0.4) is 0 Å². The van der Waals surface area contributed by atoms with Crippen molar-refractivity contribution in [2.75, 3.05) is 5.75 Å². The topological polar surface area (TPSA) is 41.4 Å². The maximum absolute atomic E-state index is 4.99. The number of rotatable bonds is 3. The van der Waals surface area contributed by atoms with Crippen LogP contribution < -0.4 is 0 Å². The molecule has 0 aromatic carbocycles. The van der Waals surface area contributed by atoms with Gasteiger partial charge in [0.2, 0.25) is 0 Å². The number of pyridine rings is 2. The minimum Gasteiger partial charge on any atom is -0.338 e. The van der Waals surface area contributed by atoms with Gasteiger partial charge in [-0.05, 0) is 30.2 Å². The highest BCUT2D eigenvalue weighted by molar-refractivity contribution is 8.14. The van der Waals surface area contributed by atoms with E-state index in [1.807, 2.05) is 48.6 Å². The van der Waals surface area contributed by atoms with E-state index in [4.69, 9.17) is 4.99 Å². The third-order valence-electron chi connectivity index (χ3n) is 4.36. The molecular formula is C17H18N4S. The molecule has 1 fully saturated rings. The Bertz CT molecular complexity index is 674. The van der Waals surface area contributed by atoms with Gasteiger partial charge in [-0.3, -0.25) is 15.0 Å². The minimum atomic E-state index is 0.0576. The molecule has 3 atom stereocenters. The summed E-state index contributed by atoms with van der Waals surface area (Å²) in [5.41, 5.74) is 2.26. The summed E-state index contributed by atoms with van der Waals surface area (Å²) in [5, 5.41) is 1.16. The number of aliphatic imine (C=N–C) groups is 1. The number of hydrogen-bond donors (Lipinski definition) is 0. The minimum absolute atomic E-state index is 0.0576. The monoisotopic (exact) mass is 310 g/mol. The van der Waals surface area contributed by atoms with E-state index in [1.54, 1.807) is 0 Å². The number of nitrogens with zero attached hydrogens (tertiary/aromatic N) is 4. The lowest BCUT2D eigenvalue weighted by atomic mass is 9.96. The maximum atomic E-state index is 4.99. The van der Waals surface area contributed by atoms with Gasteiger partial charge < -0.3 is 4.90 Å². The van der Waals surface area contributed by atoms with Gasteiger partial charge in [-0.1, -0.05) is 30.8 Å². The third-order valence-corrected chi connectivity index (χ3v) is 5.48. The van der Waals surface area contributed by atoms with Crippen LogP contribution in [-0.2, 0) is 0 Å². The lowest BCUT2D eigenvalue weighted by Gasteiger charge is -2.31. The molecule has 2 aromatic heterocycles. The molecule has 2 aliphatic rings. The van der Waals surface area contributed by atoms with Crippen LogP contribution in [0.1, 0.15) is 36.7 Å². The Balaban J connectivity index is 1.79. The van der Waals surface area contributed by atoms with Gasteiger partial charge in [0.1, 0.15) is 6.04 Å². The van der Waals surface area contributed by atoms with Crippen molar-refractivity contribution in [1.29, 1.82) is 0 Å². The first kappa shape index (κ1) is 13.8. The Morgan fingerprint density at radius 2 is 2.18 bits per heavy atom. The second-order valence-electron chi connectivity index (χ2n) is 5.62. The van der Waals surface area contributed by atoms with Gasteiger partial charge in [-0.2, -0.15) is 0 Å². The van der Waals surface area contributed by atoms with Crippen molar-refractivity contribution < 1.29 is 0 Å². The predicted molar refractivity (Wildman–Crippen MR) is 89.8 cm³/mol. The summed E-state index contributed by atoms with van der Waals surface area (Å²) in [5.74, 6) is 1.13. The second kappa shape index (κ2) is 5.72. The van der Waals surface area contributed by atoms with Gasteiger partial charge in [-0.15, -0.1) is 0 Å². The molecule has 2 aliphatic heterocycles. The van der Waals surface area contributed by atoms with Gasteiger partial charge in [-0.25, -0.2) is 0 Å². The summed E-state index contributed by atoms with van der Waals surface area (Å²) >= 11 is 1.87. The molecule has 4 rings (SSSR count). The largest absolute Gasteiger partial charge is 0.338 e. The number of hydrogen-bond acceptors (Lipinski definition) is 5. The van der Waals surface area contributed by atoms with Crippen molar-refractivity contribution in [3.63, 3.8) is 0 Å². The highest BCUT2D eigenvalue weighted by Gasteiger charge is 2.45. The Hall–Kier alpha value is -1.88. The number of aromatic nitrogens is 2. The maximum Gasteiger partial charge on any atom is 0.160 e. The Morgan fingerprint density at radius 3 is 2.91 bits per heavy atom. The fourth-order valence-electron chi connectivity index (χ4n) is 3.26. The molecule has 0 radical (unpaired) electrons. The van der Waals surface area contributed by atoms with E-state index in [0.717, 1.165) is 23.0 Å². The van der Waals surface area contributed by atoms with E-state index in [2.05, 4.69) is 33.9 Å². The lowest BCUT2D eigenvalue weighted by molar-refractivity contribution is 0.255. The van der Waals surface area contributed by atoms with Gasteiger partial charge in [0.25, 0.3) is 0 Å².